The number of carbonyl (C=O) groups is 1. The van der Waals surface area contributed by atoms with Crippen molar-refractivity contribution in [2.75, 3.05) is 0 Å². The number of hydrogen-bond donors (Lipinski definition) is 0. The zero-order valence-corrected chi connectivity index (χ0v) is 15.3. The van der Waals surface area contributed by atoms with Crippen LogP contribution in [-0.4, -0.2) is 5.78 Å². The first-order valence-electron chi connectivity index (χ1n) is 9.84. The van der Waals surface area contributed by atoms with E-state index in [1.54, 1.807) is 5.57 Å². The van der Waals surface area contributed by atoms with Crippen molar-refractivity contribution < 1.29 is 4.79 Å². The van der Waals surface area contributed by atoms with Crippen LogP contribution in [0.4, 0.5) is 0 Å². The van der Waals surface area contributed by atoms with E-state index in [1.165, 1.54) is 28.3 Å². The molecule has 0 aromatic heterocycles. The number of Topliss-reactive ketones (excluding diaryl/α,β-unsaturated/α-hetero) is 1. The Kier molecular flexibility index (Phi) is 3.26. The molecule has 0 saturated heterocycles. The van der Waals surface area contributed by atoms with E-state index in [9.17, 15) is 4.79 Å². The van der Waals surface area contributed by atoms with E-state index in [0.717, 1.165) is 37.7 Å². The van der Waals surface area contributed by atoms with Gasteiger partial charge in [-0.15, -0.1) is 0 Å². The number of ketones is 1. The zero-order valence-electron chi connectivity index (χ0n) is 15.3. The molecule has 0 amide bonds. The highest BCUT2D eigenvalue weighted by Crippen LogP contribution is 2.58. The van der Waals surface area contributed by atoms with Crippen molar-refractivity contribution in [3.63, 3.8) is 0 Å². The van der Waals surface area contributed by atoms with E-state index in [1.807, 2.05) is 0 Å². The maximum Gasteiger partial charge on any atom is 0.169 e. The Morgan fingerprint density at radius 3 is 2.84 bits per heavy atom. The number of benzene rings is 2. The number of rotatable bonds is 2. The average molecular weight is 330 g/mol. The molecule has 0 aliphatic heterocycles. The molecule has 1 fully saturated rings. The largest absolute Gasteiger partial charge is 0.294 e. The van der Waals surface area contributed by atoms with E-state index in [-0.39, 0.29) is 5.41 Å². The normalized spacial score (nSPS) is 27.4. The van der Waals surface area contributed by atoms with Gasteiger partial charge in [0, 0.05) is 11.0 Å². The maximum absolute atomic E-state index is 13.5. The number of carbonyl (C=O) groups excluding carboxylic acids is 1. The Bertz CT molecular complexity index is 917. The summed E-state index contributed by atoms with van der Waals surface area (Å²) in [4.78, 5) is 13.5. The van der Waals surface area contributed by atoms with Crippen LogP contribution in [-0.2, 0) is 12.8 Å². The Labute approximate surface area is 150 Å². The number of allylic oxidation sites excluding steroid dienone is 2. The highest BCUT2D eigenvalue weighted by Gasteiger charge is 2.53. The molecule has 3 aliphatic carbocycles. The first-order valence-corrected chi connectivity index (χ1v) is 9.84. The second-order valence-electron chi connectivity index (χ2n) is 8.91. The Morgan fingerprint density at radius 2 is 2.12 bits per heavy atom. The lowest BCUT2D eigenvalue weighted by Crippen LogP contribution is -2.39. The van der Waals surface area contributed by atoms with Gasteiger partial charge >= 0.3 is 0 Å². The molecule has 25 heavy (non-hydrogen) atoms. The first kappa shape index (κ1) is 15.4. The van der Waals surface area contributed by atoms with Gasteiger partial charge in [0.25, 0.3) is 0 Å². The molecule has 2 atom stereocenters. The fourth-order valence-corrected chi connectivity index (χ4v) is 5.68. The summed E-state index contributed by atoms with van der Waals surface area (Å²) in [5.41, 5.74) is 5.21. The van der Waals surface area contributed by atoms with Crippen molar-refractivity contribution in [2.24, 2.45) is 17.3 Å². The molecular weight excluding hydrogens is 304 g/mol. The summed E-state index contributed by atoms with van der Waals surface area (Å²) >= 11 is 0. The lowest BCUT2D eigenvalue weighted by atomic mass is 9.63. The van der Waals surface area contributed by atoms with Gasteiger partial charge in [-0.05, 0) is 78.3 Å². The molecule has 1 saturated carbocycles. The molecule has 0 radical (unpaired) electrons. The van der Waals surface area contributed by atoms with Crippen LogP contribution < -0.4 is 0 Å². The van der Waals surface area contributed by atoms with Crippen LogP contribution in [0.25, 0.3) is 10.8 Å². The third kappa shape index (κ3) is 2.18. The fourth-order valence-electron chi connectivity index (χ4n) is 5.68. The van der Waals surface area contributed by atoms with Crippen molar-refractivity contribution in [3.05, 3.63) is 58.7 Å². The molecular formula is C24H26O. The molecule has 1 heteroatoms. The average Bonchev–Trinajstić information content (AvgIpc) is 3.19. The summed E-state index contributed by atoms with van der Waals surface area (Å²) < 4.78 is 0. The van der Waals surface area contributed by atoms with Gasteiger partial charge in [0.2, 0.25) is 0 Å². The van der Waals surface area contributed by atoms with Crippen LogP contribution in [0.15, 0.2) is 42.0 Å². The van der Waals surface area contributed by atoms with Crippen molar-refractivity contribution in [2.45, 2.75) is 52.4 Å². The van der Waals surface area contributed by atoms with Gasteiger partial charge in [-0.1, -0.05) is 49.8 Å². The van der Waals surface area contributed by atoms with Crippen LogP contribution in [0.1, 0.15) is 61.0 Å². The molecule has 2 aromatic rings. The zero-order chi connectivity index (χ0) is 17.2. The highest BCUT2D eigenvalue weighted by atomic mass is 16.1. The van der Waals surface area contributed by atoms with Crippen LogP contribution in [0.3, 0.4) is 0 Å². The summed E-state index contributed by atoms with van der Waals surface area (Å²) in [6.07, 6.45) is 8.94. The number of fused-ring (bicyclic) bond motifs is 5. The minimum absolute atomic E-state index is 0.0691. The molecule has 2 unspecified atom stereocenters. The highest BCUT2D eigenvalue weighted by molar-refractivity contribution is 6.07. The molecule has 2 bridgehead atoms. The molecule has 5 rings (SSSR count). The number of aryl methyl sites for hydroxylation is 1. The lowest BCUT2D eigenvalue weighted by molar-refractivity contribution is 0.0671. The van der Waals surface area contributed by atoms with Gasteiger partial charge in [-0.3, -0.25) is 4.79 Å². The summed E-state index contributed by atoms with van der Waals surface area (Å²) in [6.45, 7) is 4.54. The summed E-state index contributed by atoms with van der Waals surface area (Å²) in [7, 11) is 0. The second kappa shape index (κ2) is 5.30. The second-order valence-corrected chi connectivity index (χ2v) is 8.91. The molecule has 1 spiro atoms. The topological polar surface area (TPSA) is 17.1 Å². The van der Waals surface area contributed by atoms with Gasteiger partial charge in [0.1, 0.15) is 0 Å². The minimum atomic E-state index is -0.0691. The standard InChI is InChI=1S/C24H26O/c1-15(2)10-17-4-3-5-18-13-22-19(12-21(17)18)8-9-24(23(22)25)14-16-6-7-20(24)11-16/h3-6,12-13,15,20H,7-11,14H2,1-2H3. The van der Waals surface area contributed by atoms with Crippen molar-refractivity contribution in [1.82, 2.24) is 0 Å². The van der Waals surface area contributed by atoms with Gasteiger partial charge in [-0.2, -0.15) is 0 Å². The Morgan fingerprint density at radius 1 is 1.24 bits per heavy atom. The maximum atomic E-state index is 13.5. The third-order valence-electron chi connectivity index (χ3n) is 6.88. The SMILES string of the molecule is CC(C)Cc1cccc2cc3c(cc12)CCC1(CC2=CCC1C2)C3=O. The monoisotopic (exact) mass is 330 g/mol. The predicted molar refractivity (Wildman–Crippen MR) is 103 cm³/mol. The van der Waals surface area contributed by atoms with Crippen LogP contribution in [0.5, 0.6) is 0 Å². The third-order valence-corrected chi connectivity index (χ3v) is 6.88. The van der Waals surface area contributed by atoms with Crippen molar-refractivity contribution in [1.29, 1.82) is 0 Å². The molecule has 128 valence electrons. The van der Waals surface area contributed by atoms with Gasteiger partial charge in [0.15, 0.2) is 5.78 Å². The lowest BCUT2D eigenvalue weighted by Gasteiger charge is -2.39. The van der Waals surface area contributed by atoms with Crippen LogP contribution >= 0.6 is 0 Å². The van der Waals surface area contributed by atoms with Crippen LogP contribution in [0.2, 0.25) is 0 Å². The molecule has 0 heterocycles. The van der Waals surface area contributed by atoms with E-state index in [0.29, 0.717) is 17.6 Å². The fraction of sp³-hybridized carbons (Fsp3) is 0.458. The van der Waals surface area contributed by atoms with Gasteiger partial charge < -0.3 is 0 Å². The Hall–Kier alpha value is -1.89. The number of hydrogen-bond acceptors (Lipinski definition) is 1. The van der Waals surface area contributed by atoms with Gasteiger partial charge in [-0.25, -0.2) is 0 Å². The summed E-state index contributed by atoms with van der Waals surface area (Å²) in [6, 6.07) is 11.1. The summed E-state index contributed by atoms with van der Waals surface area (Å²) in [5.74, 6) is 1.66. The molecule has 2 aromatic carbocycles. The van der Waals surface area contributed by atoms with Crippen molar-refractivity contribution >= 4 is 16.6 Å². The van der Waals surface area contributed by atoms with E-state index in [2.05, 4.69) is 50.3 Å². The summed E-state index contributed by atoms with van der Waals surface area (Å²) in [5, 5.41) is 2.60. The van der Waals surface area contributed by atoms with Gasteiger partial charge in [0.05, 0.1) is 0 Å². The van der Waals surface area contributed by atoms with E-state index in [4.69, 9.17) is 0 Å². The quantitative estimate of drug-likeness (QED) is 0.627. The smallest absolute Gasteiger partial charge is 0.169 e. The van der Waals surface area contributed by atoms with E-state index < -0.39 is 0 Å². The minimum Gasteiger partial charge on any atom is -0.294 e. The Balaban J connectivity index is 1.62. The molecule has 3 aliphatic rings. The molecule has 0 N–H and O–H groups in total. The van der Waals surface area contributed by atoms with Crippen LogP contribution in [0, 0.1) is 17.3 Å². The first-order chi connectivity index (χ1) is 12.1. The van der Waals surface area contributed by atoms with Crippen molar-refractivity contribution in [3.8, 4) is 0 Å². The molecule has 1 nitrogen and oxygen atoms in total. The predicted octanol–water partition coefficient (Wildman–Crippen LogP) is 5.89. The van der Waals surface area contributed by atoms with E-state index >= 15 is 0 Å².